The van der Waals surface area contributed by atoms with Crippen LogP contribution in [0.1, 0.15) is 70.5 Å². The van der Waals surface area contributed by atoms with Crippen molar-refractivity contribution in [3.8, 4) is 34.0 Å². The van der Waals surface area contributed by atoms with Crippen molar-refractivity contribution in [3.63, 3.8) is 0 Å². The zero-order valence-electron chi connectivity index (χ0n) is 59.2. The van der Waals surface area contributed by atoms with E-state index in [0.717, 1.165) is 96.9 Å². The third kappa shape index (κ3) is 20.0. The number of benzene rings is 2. The van der Waals surface area contributed by atoms with Gasteiger partial charge in [-0.05, 0) is 150 Å². The van der Waals surface area contributed by atoms with E-state index in [1.807, 2.05) is 71.0 Å². The summed E-state index contributed by atoms with van der Waals surface area (Å²) in [5.41, 5.74) is 16.5. The van der Waals surface area contributed by atoms with Crippen LogP contribution in [0.2, 0.25) is 30.8 Å². The van der Waals surface area contributed by atoms with E-state index in [0.29, 0.717) is 78.7 Å². The van der Waals surface area contributed by atoms with Gasteiger partial charge in [0.25, 0.3) is 0 Å². The molecule has 11 rings (SSSR count). The number of nitrogen functional groups attached to an aromatic ring is 1. The molecule has 0 unspecified atom stereocenters. The Morgan fingerprint density at radius 2 is 1.01 bits per heavy atom. The lowest BCUT2D eigenvalue weighted by atomic mass is 9.79. The number of anilines is 7. The van der Waals surface area contributed by atoms with Gasteiger partial charge in [0.05, 0.1) is 117 Å². The lowest BCUT2D eigenvalue weighted by Gasteiger charge is -2.37. The van der Waals surface area contributed by atoms with Gasteiger partial charge in [0, 0.05) is 111 Å². The SMILES string of the molecule is C=CC(=O)Nc1cc(N)c(OC)cc1N1CCC(N(C)C)CC1.C=CC(=O)Nc1cc(Nc2ncc(Cl)c(-c3cnn(C)c3C)n2)c(OC)cc1N1CCC(N(C)C)CC1.Cc1c(-c2nc(Cl)ncc2Cl)cnn1C.Cc1c(B2OC(C)(C)C(C)(C)O2)cnn1C.Clc1ncc(Cl)c(Cl)n1. The molecule has 5 N–H and O–H groups in total. The van der Waals surface area contributed by atoms with Crippen molar-refractivity contribution in [1.29, 1.82) is 0 Å². The van der Waals surface area contributed by atoms with Gasteiger partial charge in [0.15, 0.2) is 5.15 Å². The number of nitrogens with zero attached hydrogens (tertiary/aromatic N) is 16. The molecule has 2 amide bonds. The number of amides is 2. The Kier molecular flexibility index (Phi) is 28.0. The quantitative estimate of drug-likeness (QED) is 0.0244. The summed E-state index contributed by atoms with van der Waals surface area (Å²) in [4.78, 5) is 57.1. The van der Waals surface area contributed by atoms with Crippen LogP contribution in [0, 0.1) is 20.8 Å². The van der Waals surface area contributed by atoms with Gasteiger partial charge in [-0.25, -0.2) is 29.9 Å². The number of carbonyl (C=O) groups is 2. The molecule has 9 heterocycles. The first-order chi connectivity index (χ1) is 47.2. The molecule has 26 nitrogen and oxygen atoms in total. The number of nitrogens with two attached hydrogens (primary N) is 1. The largest absolute Gasteiger partial charge is 0.498 e. The number of piperidine rings is 2. The van der Waals surface area contributed by atoms with Crippen molar-refractivity contribution in [2.24, 2.45) is 21.1 Å². The molecule has 0 spiro atoms. The van der Waals surface area contributed by atoms with Crippen molar-refractivity contribution < 1.29 is 28.4 Å². The van der Waals surface area contributed by atoms with Gasteiger partial charge < -0.3 is 60.1 Å². The number of nitrogens with one attached hydrogen (secondary N) is 3. The molecule has 0 bridgehead atoms. The maximum atomic E-state index is 12.3. The molecule has 0 aliphatic carbocycles. The number of carbonyl (C=O) groups excluding carboxylic acids is 2. The van der Waals surface area contributed by atoms with Gasteiger partial charge in [0.1, 0.15) is 11.5 Å². The van der Waals surface area contributed by atoms with Crippen LogP contribution < -0.4 is 46.4 Å². The summed E-state index contributed by atoms with van der Waals surface area (Å²) in [6, 6.07) is 8.52. The summed E-state index contributed by atoms with van der Waals surface area (Å²) in [6.45, 7) is 24.8. The zero-order valence-corrected chi connectivity index (χ0v) is 63.7. The summed E-state index contributed by atoms with van der Waals surface area (Å²) >= 11 is 34.4. The smallest absolute Gasteiger partial charge is 0.495 e. The highest BCUT2D eigenvalue weighted by atomic mass is 35.5. The van der Waals surface area contributed by atoms with Crippen LogP contribution in [-0.2, 0) is 40.0 Å². The molecule has 8 aromatic rings. The van der Waals surface area contributed by atoms with Crippen LogP contribution in [-0.4, -0.2) is 180 Å². The number of methoxy groups -OCH3 is 2. The summed E-state index contributed by atoms with van der Waals surface area (Å²) in [7, 11) is 17.0. The fourth-order valence-corrected chi connectivity index (χ4v) is 11.6. The first kappa shape index (κ1) is 79.5. The van der Waals surface area contributed by atoms with Crippen molar-refractivity contribution in [2.75, 3.05) is 100 Å². The van der Waals surface area contributed by atoms with E-state index in [-0.39, 0.29) is 45.9 Å². The molecule has 6 aromatic heterocycles. The number of ether oxygens (including phenoxy) is 2. The second-order valence-corrected chi connectivity index (χ2v) is 27.2. The van der Waals surface area contributed by atoms with E-state index in [1.54, 1.807) is 48.2 Å². The van der Waals surface area contributed by atoms with Crippen LogP contribution in [0.5, 0.6) is 11.5 Å². The lowest BCUT2D eigenvalue weighted by molar-refractivity contribution is -0.112. The highest BCUT2D eigenvalue weighted by Gasteiger charge is 2.52. The molecule has 3 saturated heterocycles. The van der Waals surface area contributed by atoms with Gasteiger partial charge in [-0.1, -0.05) is 59.6 Å². The summed E-state index contributed by atoms with van der Waals surface area (Å²) < 4.78 is 28.3. The zero-order chi connectivity index (χ0) is 73.7. The highest BCUT2D eigenvalue weighted by Crippen LogP contribution is 2.42. The van der Waals surface area contributed by atoms with Crippen molar-refractivity contribution in [3.05, 3.63) is 135 Å². The molecule has 0 radical (unpaired) electrons. The van der Waals surface area contributed by atoms with Crippen LogP contribution in [0.4, 0.5) is 40.1 Å². The number of rotatable bonds is 15. The average molecular weight is 1490 g/mol. The van der Waals surface area contributed by atoms with Crippen molar-refractivity contribution >= 4 is 134 Å². The van der Waals surface area contributed by atoms with E-state index in [2.05, 4.69) is 150 Å². The molecule has 2 aromatic carbocycles. The Labute approximate surface area is 615 Å². The fourth-order valence-electron chi connectivity index (χ4n) is 10.7. The van der Waals surface area contributed by atoms with E-state index < -0.39 is 0 Å². The lowest BCUT2D eigenvalue weighted by Crippen LogP contribution is -2.42. The Morgan fingerprint density at radius 1 is 0.590 bits per heavy atom. The minimum atomic E-state index is -0.307. The number of hydrogen-bond acceptors (Lipinski definition) is 21. The number of aryl methyl sites for hydroxylation is 3. The van der Waals surface area contributed by atoms with E-state index in [9.17, 15) is 9.59 Å². The van der Waals surface area contributed by atoms with Crippen LogP contribution in [0.25, 0.3) is 22.5 Å². The third-order valence-corrected chi connectivity index (χ3v) is 19.3. The van der Waals surface area contributed by atoms with Crippen molar-refractivity contribution in [2.45, 2.75) is 97.4 Å². The normalized spacial score (nSPS) is 14.9. The van der Waals surface area contributed by atoms with E-state index in [1.165, 1.54) is 24.5 Å². The maximum Gasteiger partial charge on any atom is 0.498 e. The highest BCUT2D eigenvalue weighted by molar-refractivity contribution is 6.62. The Morgan fingerprint density at radius 3 is 1.42 bits per heavy atom. The van der Waals surface area contributed by atoms with Crippen LogP contribution in [0.15, 0.2) is 86.8 Å². The van der Waals surface area contributed by atoms with Gasteiger partial charge >= 0.3 is 7.12 Å². The second-order valence-electron chi connectivity index (χ2n) is 25.0. The molecule has 3 fully saturated rings. The number of aromatic nitrogens is 12. The molecule has 0 atom stereocenters. The van der Waals surface area contributed by atoms with Gasteiger partial charge in [-0.3, -0.25) is 23.6 Å². The Hall–Kier alpha value is -7.83. The van der Waals surface area contributed by atoms with E-state index >= 15 is 0 Å². The van der Waals surface area contributed by atoms with Gasteiger partial charge in [0.2, 0.25) is 28.3 Å². The number of halogens is 6. The minimum Gasteiger partial charge on any atom is -0.495 e. The molecular weight excluding hydrogens is 1400 g/mol. The van der Waals surface area contributed by atoms with E-state index in [4.69, 9.17) is 94.1 Å². The summed E-state index contributed by atoms with van der Waals surface area (Å²) in [5.74, 6) is 1.00. The maximum absolute atomic E-state index is 12.3. The summed E-state index contributed by atoms with van der Waals surface area (Å²) in [5, 5.41) is 23.3. The molecule has 536 valence electrons. The topological polar surface area (TPSA) is 277 Å². The van der Waals surface area contributed by atoms with Crippen molar-refractivity contribution in [1.82, 2.24) is 69.0 Å². The van der Waals surface area contributed by atoms with Gasteiger partial charge in [-0.2, -0.15) is 15.3 Å². The van der Waals surface area contributed by atoms with Crippen LogP contribution in [0.3, 0.4) is 0 Å². The predicted molar refractivity (Wildman–Crippen MR) is 403 cm³/mol. The van der Waals surface area contributed by atoms with Crippen LogP contribution >= 0.6 is 69.6 Å². The minimum absolute atomic E-state index is 0.101. The second kappa shape index (κ2) is 35.2. The molecule has 3 aliphatic heterocycles. The molecule has 100 heavy (non-hydrogen) atoms. The first-order valence-corrected chi connectivity index (χ1v) is 34.0. The Bertz CT molecular complexity index is 4160. The first-order valence-electron chi connectivity index (χ1n) is 31.7. The summed E-state index contributed by atoms with van der Waals surface area (Å²) in [6.07, 6.45) is 16.4. The number of hydrogen-bond donors (Lipinski definition) is 4. The molecule has 33 heteroatoms. The fraction of sp³-hybridized carbons (Fsp3) is 0.418. The van der Waals surface area contributed by atoms with Gasteiger partial charge in [-0.15, -0.1) is 0 Å². The average Bonchev–Trinajstić information content (AvgIpc) is 1.53. The standard InChI is InChI=1S/C26H33ClN8O2.C17H26N4O2.C11H19BN2O2.C9H8Cl2N4.C4HCl3N2/c1-7-24(36)30-20-12-21(23(37-6)13-22(20)35-10-8-17(9-11-35)33(3)4)31-26-28-15-19(27)25(32-26)18-14-29-34(5)16(18)2;1-5-17(22)19-14-10-13(18)16(23-4)11-15(14)21-8-6-12(7-9-21)20(2)3;1-8-9(7-13-14(8)6)12-15-10(2,3)11(4,5)16-12;1-5-6(3-13-15(5)2)8-7(10)4-12-9(11)14-8;5-2-1-8-4(7)9-3(2)6/h7,12-15,17H,1,8-11H2,2-6H3,(H,30,36)(H,28,31,32);5,10-12H,1,6-9,18H2,2-4H3,(H,19,22);7H,1-6H3;3-4H,1-2H3;1H. The monoisotopic (exact) mass is 1490 g/mol. The molecular formula is C67H87BCl6N20O6. The predicted octanol–water partition coefficient (Wildman–Crippen LogP) is 12.1. The molecule has 3 aliphatic rings. The molecule has 0 saturated carbocycles. The Balaban J connectivity index is 0.000000190. The third-order valence-electron chi connectivity index (χ3n) is 17.8.